The Bertz CT molecular complexity index is 975. The molecule has 0 bridgehead atoms. The molecule has 0 saturated carbocycles. The smallest absolute Gasteiger partial charge is 0.543 e. The van der Waals surface area contributed by atoms with Gasteiger partial charge in [0.15, 0.2) is 4.96 Å². The van der Waals surface area contributed by atoms with Crippen LogP contribution in [0.3, 0.4) is 0 Å². The summed E-state index contributed by atoms with van der Waals surface area (Å²) in [4.78, 5) is 31.5. The number of aliphatic carboxylic acids is 1. The van der Waals surface area contributed by atoms with Gasteiger partial charge in [-0.3, -0.25) is 14.1 Å². The third-order valence-electron chi connectivity index (χ3n) is 4.63. The molecule has 1 amide bonds. The van der Waals surface area contributed by atoms with Gasteiger partial charge in [0.05, 0.1) is 22.9 Å². The molecule has 2 aromatic rings. The van der Waals surface area contributed by atoms with Crippen LogP contribution in [0.4, 0.5) is 0 Å². The first-order valence-corrected chi connectivity index (χ1v) is 9.51. The number of imidazole rings is 1. The predicted molar refractivity (Wildman–Crippen MR) is 89.0 cm³/mol. The average Bonchev–Trinajstić information content (AvgIpc) is 3.22. The van der Waals surface area contributed by atoms with Crippen LogP contribution in [0.15, 0.2) is 22.9 Å². The Morgan fingerprint density at radius 3 is 2.96 bits per heavy atom. The monoisotopic (exact) mass is 381 g/mol. The van der Waals surface area contributed by atoms with Crippen molar-refractivity contribution in [2.45, 2.75) is 31.1 Å². The van der Waals surface area contributed by atoms with Crippen molar-refractivity contribution in [3.8, 4) is 0 Å². The van der Waals surface area contributed by atoms with Crippen LogP contribution in [0, 0.1) is 0 Å². The minimum atomic E-state index is -1.31. The number of fused-ring (bicyclic) bond motifs is 4. The number of nitrogens with zero attached hydrogens (tertiary/aromatic N) is 3. The maximum atomic E-state index is 12.2. The molecule has 25 heavy (non-hydrogen) atoms. The normalized spacial score (nSPS) is 23.1. The van der Waals surface area contributed by atoms with Crippen LogP contribution in [0.5, 0.6) is 0 Å². The summed E-state index contributed by atoms with van der Waals surface area (Å²) < 4.78 is 2.14. The number of β-lactam (4-membered cyclic amide) rings is 1. The van der Waals surface area contributed by atoms with Crippen molar-refractivity contribution in [1.29, 1.82) is 0 Å². The number of aryl methyl sites for hydroxylation is 2. The number of rotatable bonds is 2. The van der Waals surface area contributed by atoms with E-state index in [-0.39, 0.29) is 46.5 Å². The van der Waals surface area contributed by atoms with Gasteiger partial charge in [-0.05, 0) is 37.2 Å². The molecule has 0 radical (unpaired) electrons. The molecule has 122 valence electrons. The number of carbonyl (C=O) groups is 2. The number of amides is 1. The van der Waals surface area contributed by atoms with Gasteiger partial charge in [-0.2, -0.15) is 0 Å². The van der Waals surface area contributed by atoms with Gasteiger partial charge in [0.1, 0.15) is 5.37 Å². The Labute approximate surface area is 173 Å². The summed E-state index contributed by atoms with van der Waals surface area (Å²) >= 11 is 3.04. The van der Waals surface area contributed by atoms with E-state index in [1.54, 1.807) is 17.4 Å². The molecule has 6 nitrogen and oxygen atoms in total. The molecule has 9 heteroatoms. The average molecular weight is 381 g/mol. The summed E-state index contributed by atoms with van der Waals surface area (Å²) in [5.74, 6) is -1.59. The first-order chi connectivity index (χ1) is 11.6. The number of carbonyl (C=O) groups excluding carboxylic acids is 2. The van der Waals surface area contributed by atoms with Crippen molar-refractivity contribution < 1.29 is 44.3 Å². The molecule has 2 aliphatic heterocycles. The summed E-state index contributed by atoms with van der Waals surface area (Å²) in [7, 11) is 0. The molecule has 0 spiro atoms. The van der Waals surface area contributed by atoms with E-state index < -0.39 is 5.97 Å². The van der Waals surface area contributed by atoms with E-state index in [1.165, 1.54) is 45.5 Å². The van der Waals surface area contributed by atoms with Gasteiger partial charge >= 0.3 is 29.6 Å². The van der Waals surface area contributed by atoms with Gasteiger partial charge in [-0.25, -0.2) is 4.98 Å². The summed E-state index contributed by atoms with van der Waals surface area (Å²) in [5, 5.41) is 12.2. The first kappa shape index (κ1) is 17.4. The summed E-state index contributed by atoms with van der Waals surface area (Å²) in [6.07, 6.45) is 8.40. The van der Waals surface area contributed by atoms with E-state index in [1.807, 2.05) is 6.20 Å². The van der Waals surface area contributed by atoms with E-state index in [9.17, 15) is 14.7 Å². The number of thiazole rings is 1. The van der Waals surface area contributed by atoms with Crippen molar-refractivity contribution in [2.75, 3.05) is 0 Å². The van der Waals surface area contributed by atoms with Crippen LogP contribution < -0.4 is 34.7 Å². The summed E-state index contributed by atoms with van der Waals surface area (Å²) in [6.45, 7) is 0. The Morgan fingerprint density at radius 1 is 1.36 bits per heavy atom. The van der Waals surface area contributed by atoms with Crippen molar-refractivity contribution in [3.63, 3.8) is 0 Å². The van der Waals surface area contributed by atoms with E-state index in [4.69, 9.17) is 0 Å². The minimum absolute atomic E-state index is 0. The predicted octanol–water partition coefficient (Wildman–Crippen LogP) is -1.83. The number of carboxylic acid groups (broad SMARTS) is 1. The van der Waals surface area contributed by atoms with Gasteiger partial charge < -0.3 is 9.90 Å². The number of hydrogen-bond acceptors (Lipinski definition) is 6. The number of thioether (sulfide) groups is 1. The van der Waals surface area contributed by atoms with Crippen LogP contribution >= 0.6 is 23.1 Å². The second-order valence-corrected chi connectivity index (χ2v) is 8.07. The molecule has 1 saturated heterocycles. The van der Waals surface area contributed by atoms with Gasteiger partial charge in [-0.15, -0.1) is 23.1 Å². The molecule has 1 atom stereocenters. The van der Waals surface area contributed by atoms with Crippen LogP contribution in [0.25, 0.3) is 11.0 Å². The van der Waals surface area contributed by atoms with E-state index in [0.717, 1.165) is 23.5 Å². The first-order valence-electron chi connectivity index (χ1n) is 7.75. The zero-order chi connectivity index (χ0) is 16.4. The Hall–Kier alpha value is -1.06. The zero-order valence-electron chi connectivity index (χ0n) is 13.5. The van der Waals surface area contributed by atoms with E-state index in [0.29, 0.717) is 5.57 Å². The quantitative estimate of drug-likeness (QED) is 0.347. The Morgan fingerprint density at radius 2 is 2.16 bits per heavy atom. The molecule has 0 unspecified atom stereocenters. The van der Waals surface area contributed by atoms with E-state index in [2.05, 4.69) is 9.38 Å². The van der Waals surface area contributed by atoms with Gasteiger partial charge in [0.25, 0.3) is 5.91 Å². The Kier molecular flexibility index (Phi) is 4.36. The van der Waals surface area contributed by atoms with Gasteiger partial charge in [0, 0.05) is 16.8 Å². The molecule has 0 N–H and O–H groups in total. The largest absolute Gasteiger partial charge is 1.00 e. The molecular formula is C16H12N3NaO3S2. The summed E-state index contributed by atoms with van der Waals surface area (Å²) in [6, 6.07) is 0. The molecule has 1 aliphatic carbocycles. The molecule has 4 heterocycles. The molecular weight excluding hydrogens is 369 g/mol. The molecule has 1 fully saturated rings. The molecule has 5 rings (SSSR count). The zero-order valence-corrected chi connectivity index (χ0v) is 17.2. The van der Waals surface area contributed by atoms with Crippen LogP contribution in [-0.2, 0) is 22.4 Å². The van der Waals surface area contributed by atoms with Crippen molar-refractivity contribution in [2.24, 2.45) is 0 Å². The number of aromatic nitrogens is 2. The van der Waals surface area contributed by atoms with Crippen molar-refractivity contribution in [1.82, 2.24) is 14.3 Å². The second kappa shape index (κ2) is 6.28. The number of carboxylic acids is 1. The minimum Gasteiger partial charge on any atom is -0.543 e. The fourth-order valence-corrected chi connectivity index (χ4v) is 5.78. The topological polar surface area (TPSA) is 77.7 Å². The molecule has 0 aromatic carbocycles. The molecule has 2 aromatic heterocycles. The molecule has 3 aliphatic rings. The van der Waals surface area contributed by atoms with Crippen LogP contribution in [0.1, 0.15) is 29.1 Å². The van der Waals surface area contributed by atoms with Gasteiger partial charge in [0.2, 0.25) is 0 Å². The second-order valence-electron chi connectivity index (χ2n) is 6.05. The van der Waals surface area contributed by atoms with Crippen LogP contribution in [0.2, 0.25) is 0 Å². The van der Waals surface area contributed by atoms with Gasteiger partial charge in [-0.1, -0.05) is 0 Å². The maximum absolute atomic E-state index is 12.2. The van der Waals surface area contributed by atoms with Crippen LogP contribution in [-0.4, -0.2) is 31.5 Å². The SMILES string of the molecule is O=C([O-])C1=CS[C@@H]2/C(=C\c3cn4c5c(sc4n3)CCCC5)C(=O)N12.[Na+]. The maximum Gasteiger partial charge on any atom is 1.00 e. The third kappa shape index (κ3) is 2.54. The fourth-order valence-electron chi connectivity index (χ4n) is 3.47. The number of hydrogen-bond donors (Lipinski definition) is 0. The standard InChI is InChI=1S/C16H13N3O3S2.Na/c20-13-9(14-19(13)11(7-23-14)15(21)22)5-8-6-18-10-3-1-2-4-12(10)24-16(18)17-8;/h5-7,14H,1-4H2,(H,21,22);/q;+1/p-1/b9-5-;/t14-;/m1./s1. The van der Waals surface area contributed by atoms with Crippen molar-refractivity contribution >= 4 is 46.0 Å². The summed E-state index contributed by atoms with van der Waals surface area (Å²) in [5.41, 5.74) is 2.63. The van der Waals surface area contributed by atoms with E-state index >= 15 is 0 Å². The van der Waals surface area contributed by atoms with Crippen molar-refractivity contribution in [3.05, 3.63) is 39.1 Å². The fraction of sp³-hybridized carbons (Fsp3) is 0.312. The third-order valence-corrected chi connectivity index (χ3v) is 6.87. The Balaban J connectivity index is 0.00000157.